The number of carboxylic acids is 1. The lowest BCUT2D eigenvalue weighted by atomic mass is 9.83. The number of nitrogen functional groups attached to an aromatic ring is 1. The largest absolute Gasteiger partial charge is 0.480 e. The maximum Gasteiger partial charge on any atom is 0.326 e. The van der Waals surface area contributed by atoms with Crippen molar-refractivity contribution in [3.63, 3.8) is 0 Å². The van der Waals surface area contributed by atoms with Crippen LogP contribution in [0.5, 0.6) is 0 Å². The summed E-state index contributed by atoms with van der Waals surface area (Å²) in [6, 6.07) is 13.7. The van der Waals surface area contributed by atoms with E-state index in [4.69, 9.17) is 22.6 Å². The average molecular weight is 621 g/mol. The molecule has 0 aliphatic heterocycles. The van der Waals surface area contributed by atoms with Crippen LogP contribution in [0.2, 0.25) is 0 Å². The number of carboxylic acid groups (broad SMARTS) is 1. The highest BCUT2D eigenvalue weighted by molar-refractivity contribution is 6.02. The number of amidine groups is 1. The molecule has 0 heterocycles. The molecule has 1 aliphatic rings. The predicted molar refractivity (Wildman–Crippen MR) is 171 cm³/mol. The first-order valence-electron chi connectivity index (χ1n) is 15.2. The van der Waals surface area contributed by atoms with Gasteiger partial charge in [0, 0.05) is 18.7 Å². The van der Waals surface area contributed by atoms with E-state index in [1.807, 2.05) is 30.3 Å². The molecule has 3 atom stereocenters. The Hall–Kier alpha value is -4.94. The van der Waals surface area contributed by atoms with E-state index in [1.165, 1.54) is 0 Å². The molecule has 45 heavy (non-hydrogen) atoms. The number of guanidine groups is 1. The number of nitrogens with two attached hydrogens (primary N) is 3. The molecule has 242 valence electrons. The van der Waals surface area contributed by atoms with E-state index in [2.05, 4.69) is 20.9 Å². The van der Waals surface area contributed by atoms with Crippen LogP contribution in [0.15, 0.2) is 59.6 Å². The number of aliphatic carboxylic acids is 1. The molecule has 0 saturated heterocycles. The van der Waals surface area contributed by atoms with Gasteiger partial charge in [0.15, 0.2) is 5.96 Å². The van der Waals surface area contributed by atoms with Crippen molar-refractivity contribution >= 4 is 35.5 Å². The van der Waals surface area contributed by atoms with Crippen molar-refractivity contribution < 1.29 is 24.3 Å². The summed E-state index contributed by atoms with van der Waals surface area (Å²) >= 11 is 0. The summed E-state index contributed by atoms with van der Waals surface area (Å²) in [7, 11) is 0. The fraction of sp³-hybridized carbons (Fsp3) is 0.438. The van der Waals surface area contributed by atoms with Crippen molar-refractivity contribution in [2.75, 3.05) is 6.54 Å². The van der Waals surface area contributed by atoms with Crippen molar-refractivity contribution in [2.24, 2.45) is 34.0 Å². The van der Waals surface area contributed by atoms with Crippen molar-refractivity contribution in [1.82, 2.24) is 16.0 Å². The second-order valence-corrected chi connectivity index (χ2v) is 11.3. The molecular formula is C32H44N8O5. The van der Waals surface area contributed by atoms with E-state index < -0.39 is 41.7 Å². The third kappa shape index (κ3) is 11.2. The van der Waals surface area contributed by atoms with Crippen LogP contribution in [0.1, 0.15) is 61.6 Å². The van der Waals surface area contributed by atoms with Gasteiger partial charge in [-0.05, 0) is 49.1 Å². The average Bonchev–Trinajstić information content (AvgIpc) is 3.03. The van der Waals surface area contributed by atoms with Gasteiger partial charge in [0.2, 0.25) is 17.7 Å². The number of nitrogens with one attached hydrogen (secondary N) is 4. The van der Waals surface area contributed by atoms with Gasteiger partial charge >= 0.3 is 5.97 Å². The van der Waals surface area contributed by atoms with Gasteiger partial charge in [-0.3, -0.25) is 24.8 Å². The molecule has 1 unspecified atom stereocenters. The summed E-state index contributed by atoms with van der Waals surface area (Å²) < 4.78 is 0. The second kappa shape index (κ2) is 17.4. The molecule has 0 spiro atoms. The van der Waals surface area contributed by atoms with Gasteiger partial charge < -0.3 is 38.3 Å². The van der Waals surface area contributed by atoms with E-state index in [-0.39, 0.29) is 43.6 Å². The van der Waals surface area contributed by atoms with Crippen molar-refractivity contribution in [1.29, 1.82) is 5.41 Å². The smallest absolute Gasteiger partial charge is 0.326 e. The van der Waals surface area contributed by atoms with E-state index in [0.717, 1.165) is 24.8 Å². The van der Waals surface area contributed by atoms with Crippen LogP contribution in [0.3, 0.4) is 0 Å². The van der Waals surface area contributed by atoms with Crippen LogP contribution in [0.4, 0.5) is 0 Å². The Balaban J connectivity index is 1.81. The van der Waals surface area contributed by atoms with Crippen LogP contribution in [0, 0.1) is 17.2 Å². The van der Waals surface area contributed by atoms with Crippen molar-refractivity contribution in [3.05, 3.63) is 71.3 Å². The molecule has 13 heteroatoms. The van der Waals surface area contributed by atoms with E-state index in [0.29, 0.717) is 30.4 Å². The Bertz CT molecular complexity index is 1340. The monoisotopic (exact) mass is 620 g/mol. The quantitative estimate of drug-likeness (QED) is 0.0584. The fourth-order valence-corrected chi connectivity index (χ4v) is 5.41. The first-order chi connectivity index (χ1) is 21.5. The van der Waals surface area contributed by atoms with E-state index in [9.17, 15) is 24.3 Å². The number of carbonyl (C=O) groups excluding carboxylic acids is 3. The van der Waals surface area contributed by atoms with Crippen LogP contribution < -0.4 is 33.2 Å². The zero-order valence-corrected chi connectivity index (χ0v) is 25.3. The molecule has 2 aromatic carbocycles. The zero-order valence-electron chi connectivity index (χ0n) is 25.3. The summed E-state index contributed by atoms with van der Waals surface area (Å²) in [6.45, 7) is 0.414. The Morgan fingerprint density at radius 3 is 2.13 bits per heavy atom. The molecule has 0 aromatic heterocycles. The minimum Gasteiger partial charge on any atom is -0.480 e. The maximum absolute atomic E-state index is 13.9. The highest BCUT2D eigenvalue weighted by Gasteiger charge is 2.36. The van der Waals surface area contributed by atoms with Crippen LogP contribution >= 0.6 is 0 Å². The Morgan fingerprint density at radius 1 is 0.867 bits per heavy atom. The van der Waals surface area contributed by atoms with E-state index in [1.54, 1.807) is 24.3 Å². The summed E-state index contributed by atoms with van der Waals surface area (Å²) in [5, 5.41) is 25.7. The maximum atomic E-state index is 13.9. The number of rotatable bonds is 16. The van der Waals surface area contributed by atoms with Gasteiger partial charge in [0.05, 0.1) is 0 Å². The Kier molecular flexibility index (Phi) is 13.3. The molecule has 1 saturated carbocycles. The molecule has 1 fully saturated rings. The third-order valence-corrected chi connectivity index (χ3v) is 7.91. The standard InChI is InChI=1S/C32H44N8O5/c33-27(34)23-15-13-20(14-16-23)18-24(28(41)38-19-21-8-3-1-4-9-21)29(42)40-26(22-10-5-2-6-11-22)30(43)39-25(31(44)45)12-7-17-37-32(35)36/h1,3-4,8-9,13-16,22,24-26H,2,5-7,10-12,17-19H2,(H3,33,34)(H,38,41)(H,39,43)(H,40,42)(H,44,45)(H4,35,36,37)/t24?,25-,26-/m0/s1. The third-order valence-electron chi connectivity index (χ3n) is 7.91. The number of amides is 3. The number of aliphatic imine (C=N–C) groups is 1. The van der Waals surface area contributed by atoms with Crippen molar-refractivity contribution in [2.45, 2.75) is 70.0 Å². The minimum absolute atomic E-state index is 0.0339. The molecule has 13 nitrogen and oxygen atoms in total. The summed E-state index contributed by atoms with van der Waals surface area (Å²) in [4.78, 5) is 56.8. The van der Waals surface area contributed by atoms with E-state index >= 15 is 0 Å². The molecule has 3 amide bonds. The van der Waals surface area contributed by atoms with Crippen LogP contribution in [-0.2, 0) is 32.1 Å². The zero-order chi connectivity index (χ0) is 32.8. The Morgan fingerprint density at radius 2 is 1.53 bits per heavy atom. The first kappa shape index (κ1) is 34.5. The Labute approximate surface area is 262 Å². The highest BCUT2D eigenvalue weighted by atomic mass is 16.4. The molecule has 2 aromatic rings. The van der Waals surface area contributed by atoms with Gasteiger partial charge in [-0.1, -0.05) is 73.9 Å². The molecule has 0 radical (unpaired) electrons. The first-order valence-corrected chi connectivity index (χ1v) is 15.2. The second-order valence-electron chi connectivity index (χ2n) is 11.3. The molecule has 0 bridgehead atoms. The van der Waals surface area contributed by atoms with Gasteiger partial charge in [-0.15, -0.1) is 0 Å². The predicted octanol–water partition coefficient (Wildman–Crippen LogP) is 1.13. The van der Waals surface area contributed by atoms with Gasteiger partial charge in [0.25, 0.3) is 0 Å². The summed E-state index contributed by atoms with van der Waals surface area (Å²) in [5.41, 5.74) is 18.3. The van der Waals surface area contributed by atoms with Gasteiger partial charge in [-0.25, -0.2) is 4.79 Å². The van der Waals surface area contributed by atoms with Gasteiger partial charge in [0.1, 0.15) is 23.8 Å². The number of hydrogen-bond donors (Lipinski definition) is 8. The molecular weight excluding hydrogens is 576 g/mol. The summed E-state index contributed by atoms with van der Waals surface area (Å²) in [5.74, 6) is -4.60. The molecule has 3 rings (SSSR count). The van der Waals surface area contributed by atoms with Crippen LogP contribution in [-0.4, -0.2) is 59.2 Å². The minimum atomic E-state index is -1.21. The number of hydrogen-bond acceptors (Lipinski definition) is 6. The molecule has 11 N–H and O–H groups in total. The number of benzene rings is 2. The fourth-order valence-electron chi connectivity index (χ4n) is 5.41. The number of nitrogens with zero attached hydrogens (tertiary/aromatic N) is 1. The SMILES string of the molecule is N=C(N)c1ccc(CC(C(=O)NCc2ccccc2)C(=O)N[C@H](C(=O)N[C@@H](CCCN=C(N)N)C(=O)O)C2CCCCC2)cc1. The lowest BCUT2D eigenvalue weighted by Crippen LogP contribution is -2.57. The highest BCUT2D eigenvalue weighted by Crippen LogP contribution is 2.27. The topological polar surface area (TPSA) is 239 Å². The molecule has 1 aliphatic carbocycles. The lowest BCUT2D eigenvalue weighted by molar-refractivity contribution is -0.143. The lowest BCUT2D eigenvalue weighted by Gasteiger charge is -2.32. The van der Waals surface area contributed by atoms with Crippen molar-refractivity contribution in [3.8, 4) is 0 Å². The van der Waals surface area contributed by atoms with Gasteiger partial charge in [-0.2, -0.15) is 0 Å². The normalized spacial score (nSPS) is 15.1. The number of carbonyl (C=O) groups is 4. The summed E-state index contributed by atoms with van der Waals surface area (Å²) in [6.07, 6.45) is 4.54. The van der Waals surface area contributed by atoms with Crippen LogP contribution in [0.25, 0.3) is 0 Å².